The molecule has 0 radical (unpaired) electrons. The lowest BCUT2D eigenvalue weighted by Gasteiger charge is -2.23. The van der Waals surface area contributed by atoms with Crippen LogP contribution in [0, 0.1) is 6.92 Å². The second-order valence-electron chi connectivity index (χ2n) is 8.37. The Morgan fingerprint density at radius 1 is 0.806 bits per heavy atom. The number of carbonyl (C=O) groups is 1. The van der Waals surface area contributed by atoms with Gasteiger partial charge in [-0.15, -0.1) is 0 Å². The third-order valence-electron chi connectivity index (χ3n) is 5.72. The summed E-state index contributed by atoms with van der Waals surface area (Å²) in [6.45, 7) is 6.43. The van der Waals surface area contributed by atoms with Crippen LogP contribution in [0.4, 0.5) is 11.4 Å². The topological polar surface area (TPSA) is 104 Å². The lowest BCUT2D eigenvalue weighted by Crippen LogP contribution is -2.30. The highest BCUT2D eigenvalue weighted by Crippen LogP contribution is 2.23. The molecule has 0 aliphatic rings. The number of carbonyl (C=O) groups excluding carboxylic acids is 1. The number of nitrogens with zero attached hydrogens (tertiary/aromatic N) is 2. The van der Waals surface area contributed by atoms with Crippen LogP contribution in [0.2, 0.25) is 0 Å². The molecule has 0 bridgehead atoms. The normalized spacial score (nSPS) is 11.9. The lowest BCUT2D eigenvalue weighted by atomic mass is 10.1. The third-order valence-corrected chi connectivity index (χ3v) is 8.92. The Morgan fingerprint density at radius 3 is 1.86 bits per heavy atom. The zero-order valence-electron chi connectivity index (χ0n) is 20.8. The van der Waals surface area contributed by atoms with Crippen LogP contribution in [0.5, 0.6) is 0 Å². The predicted octanol–water partition coefficient (Wildman–Crippen LogP) is 4.24. The van der Waals surface area contributed by atoms with E-state index in [4.69, 9.17) is 0 Å². The van der Waals surface area contributed by atoms with Crippen LogP contribution in [0.1, 0.15) is 35.3 Å². The summed E-state index contributed by atoms with van der Waals surface area (Å²) in [5.74, 6) is -0.398. The maximum atomic E-state index is 12.7. The number of benzene rings is 3. The van der Waals surface area contributed by atoms with Crippen LogP contribution >= 0.6 is 0 Å². The van der Waals surface area contributed by atoms with E-state index < -0.39 is 26.0 Å². The zero-order chi connectivity index (χ0) is 26.5. The van der Waals surface area contributed by atoms with Gasteiger partial charge in [0.25, 0.3) is 5.91 Å². The molecule has 0 heterocycles. The summed E-state index contributed by atoms with van der Waals surface area (Å²) < 4.78 is 52.8. The van der Waals surface area contributed by atoms with Crippen molar-refractivity contribution in [1.29, 1.82) is 0 Å². The van der Waals surface area contributed by atoms with Crippen molar-refractivity contribution in [3.63, 3.8) is 0 Å². The van der Waals surface area contributed by atoms with Crippen molar-refractivity contribution in [1.82, 2.24) is 4.31 Å². The van der Waals surface area contributed by atoms with Crippen molar-refractivity contribution >= 4 is 37.3 Å². The summed E-state index contributed by atoms with van der Waals surface area (Å²) in [6, 6.07) is 19.9. The average Bonchev–Trinajstić information content (AvgIpc) is 2.84. The van der Waals surface area contributed by atoms with E-state index in [0.717, 1.165) is 17.4 Å². The van der Waals surface area contributed by atoms with Crippen LogP contribution in [0.3, 0.4) is 0 Å². The smallest absolute Gasteiger partial charge is 0.255 e. The average molecular weight is 530 g/mol. The van der Waals surface area contributed by atoms with Gasteiger partial charge in [0.2, 0.25) is 20.0 Å². The van der Waals surface area contributed by atoms with E-state index in [1.165, 1.54) is 32.9 Å². The van der Waals surface area contributed by atoms with Crippen LogP contribution in [0.15, 0.2) is 77.7 Å². The number of nitrogens with one attached hydrogen (secondary N) is 1. The van der Waals surface area contributed by atoms with Gasteiger partial charge < -0.3 is 5.32 Å². The summed E-state index contributed by atoms with van der Waals surface area (Å²) >= 11 is 0. The predicted molar refractivity (Wildman–Crippen MR) is 143 cm³/mol. The molecule has 0 saturated heterocycles. The Labute approximate surface area is 213 Å². The van der Waals surface area contributed by atoms with Crippen molar-refractivity contribution in [2.75, 3.05) is 29.0 Å². The molecule has 3 aromatic rings. The van der Waals surface area contributed by atoms with E-state index in [9.17, 15) is 21.6 Å². The standard InChI is InChI=1S/C26H31N3O5S2/c1-5-28(6-2)36(33,34)25-17-13-23(14-18-25)27-26(30)22-11-15-24(16-12-22)29(35(4,31)32)19-21-9-7-20(3)8-10-21/h7-18H,5-6,19H2,1-4H3,(H,27,30). The first-order valence-electron chi connectivity index (χ1n) is 11.5. The molecule has 36 heavy (non-hydrogen) atoms. The van der Waals surface area contributed by atoms with Crippen LogP contribution in [-0.4, -0.2) is 46.4 Å². The van der Waals surface area contributed by atoms with Gasteiger partial charge in [-0.3, -0.25) is 9.10 Å². The molecule has 3 rings (SSSR count). The molecule has 3 aromatic carbocycles. The van der Waals surface area contributed by atoms with E-state index in [1.54, 1.807) is 38.1 Å². The number of aryl methyl sites for hydroxylation is 1. The molecule has 0 spiro atoms. The molecule has 8 nitrogen and oxygen atoms in total. The fourth-order valence-corrected chi connectivity index (χ4v) is 6.01. The molecule has 0 atom stereocenters. The maximum absolute atomic E-state index is 12.7. The monoisotopic (exact) mass is 529 g/mol. The van der Waals surface area contributed by atoms with Crippen molar-refractivity contribution in [2.45, 2.75) is 32.2 Å². The summed E-state index contributed by atoms with van der Waals surface area (Å²) in [4.78, 5) is 12.9. The highest BCUT2D eigenvalue weighted by atomic mass is 32.2. The Hall–Kier alpha value is -3.21. The summed E-state index contributed by atoms with van der Waals surface area (Å²) in [5.41, 5.74) is 3.15. The molecular formula is C26H31N3O5S2. The Morgan fingerprint density at radius 2 is 1.36 bits per heavy atom. The van der Waals surface area contributed by atoms with Crippen molar-refractivity contribution < 1.29 is 21.6 Å². The first-order valence-corrected chi connectivity index (χ1v) is 14.8. The fraction of sp³-hybridized carbons (Fsp3) is 0.269. The number of sulfonamides is 2. The van der Waals surface area contributed by atoms with Gasteiger partial charge in [-0.25, -0.2) is 16.8 Å². The van der Waals surface area contributed by atoms with E-state index in [1.807, 2.05) is 31.2 Å². The number of hydrogen-bond acceptors (Lipinski definition) is 5. The second kappa shape index (κ2) is 11.2. The van der Waals surface area contributed by atoms with Crippen LogP contribution in [0.25, 0.3) is 0 Å². The molecule has 10 heteroatoms. The minimum atomic E-state index is -3.58. The molecule has 0 aromatic heterocycles. The van der Waals surface area contributed by atoms with Gasteiger partial charge in [-0.1, -0.05) is 43.7 Å². The number of anilines is 2. The van der Waals surface area contributed by atoms with E-state index in [-0.39, 0.29) is 11.4 Å². The largest absolute Gasteiger partial charge is 0.322 e. The van der Waals surface area contributed by atoms with Gasteiger partial charge in [-0.2, -0.15) is 4.31 Å². The maximum Gasteiger partial charge on any atom is 0.255 e. The van der Waals surface area contributed by atoms with E-state index in [2.05, 4.69) is 5.32 Å². The Kier molecular flexibility index (Phi) is 8.55. The number of hydrogen-bond donors (Lipinski definition) is 1. The number of rotatable bonds is 10. The summed E-state index contributed by atoms with van der Waals surface area (Å²) in [5, 5.41) is 2.74. The quantitative estimate of drug-likeness (QED) is 0.423. The first-order chi connectivity index (χ1) is 17.0. The molecular weight excluding hydrogens is 498 g/mol. The third kappa shape index (κ3) is 6.51. The van der Waals surface area contributed by atoms with Crippen LogP contribution < -0.4 is 9.62 Å². The number of amides is 1. The van der Waals surface area contributed by atoms with E-state index >= 15 is 0 Å². The fourth-order valence-electron chi connectivity index (χ4n) is 3.66. The Bertz CT molecular complexity index is 1400. The molecule has 0 saturated carbocycles. The highest BCUT2D eigenvalue weighted by molar-refractivity contribution is 7.92. The van der Waals surface area contributed by atoms with Gasteiger partial charge in [0.05, 0.1) is 23.4 Å². The van der Waals surface area contributed by atoms with Gasteiger partial charge in [0.1, 0.15) is 0 Å². The molecule has 1 N–H and O–H groups in total. The second-order valence-corrected chi connectivity index (χ2v) is 12.2. The Balaban J connectivity index is 1.74. The molecule has 0 aliphatic carbocycles. The molecule has 0 aliphatic heterocycles. The first kappa shape index (κ1) is 27.4. The molecule has 0 fully saturated rings. The van der Waals surface area contributed by atoms with Gasteiger partial charge in [0, 0.05) is 24.3 Å². The molecule has 192 valence electrons. The van der Waals surface area contributed by atoms with Gasteiger partial charge in [0.15, 0.2) is 0 Å². The zero-order valence-corrected chi connectivity index (χ0v) is 22.4. The minimum absolute atomic E-state index is 0.156. The summed E-state index contributed by atoms with van der Waals surface area (Å²) in [6.07, 6.45) is 1.14. The minimum Gasteiger partial charge on any atom is -0.322 e. The lowest BCUT2D eigenvalue weighted by molar-refractivity contribution is 0.102. The highest BCUT2D eigenvalue weighted by Gasteiger charge is 2.22. The summed E-state index contributed by atoms with van der Waals surface area (Å²) in [7, 11) is -7.14. The molecule has 1 amide bonds. The van der Waals surface area contributed by atoms with Gasteiger partial charge in [-0.05, 0) is 61.0 Å². The van der Waals surface area contributed by atoms with Crippen molar-refractivity contribution in [3.05, 3.63) is 89.5 Å². The van der Waals surface area contributed by atoms with E-state index in [0.29, 0.717) is 30.0 Å². The molecule has 0 unspecified atom stereocenters. The van der Waals surface area contributed by atoms with Gasteiger partial charge >= 0.3 is 0 Å². The SMILES string of the molecule is CCN(CC)S(=O)(=O)c1ccc(NC(=O)c2ccc(N(Cc3ccc(C)cc3)S(C)(=O)=O)cc2)cc1. The van der Waals surface area contributed by atoms with Crippen molar-refractivity contribution in [2.24, 2.45) is 0 Å². The van der Waals surface area contributed by atoms with Crippen molar-refractivity contribution in [3.8, 4) is 0 Å². The van der Waals surface area contributed by atoms with Crippen LogP contribution in [-0.2, 0) is 26.6 Å².